The summed E-state index contributed by atoms with van der Waals surface area (Å²) >= 11 is 0. The zero-order valence-corrected chi connectivity index (χ0v) is 9.28. The van der Waals surface area contributed by atoms with E-state index >= 15 is 0 Å². The maximum atomic E-state index is 9.56. The van der Waals surface area contributed by atoms with Crippen LogP contribution in [0.1, 0.15) is 5.56 Å². The lowest BCUT2D eigenvalue weighted by molar-refractivity contribution is 0.367. The highest BCUT2D eigenvalue weighted by Gasteiger charge is 2.08. The smallest absolute Gasteiger partial charge is 0.200 e. The van der Waals surface area contributed by atoms with Crippen molar-refractivity contribution in [2.24, 2.45) is 4.99 Å². The van der Waals surface area contributed by atoms with Crippen LogP contribution in [0.3, 0.4) is 0 Å². The summed E-state index contributed by atoms with van der Waals surface area (Å²) in [6, 6.07) is 8.86. The van der Waals surface area contributed by atoms with E-state index in [2.05, 4.69) is 4.99 Å². The standard InChI is InChI=1S/C13H11NO4/c15-10-4-2-9(3-5-10)14-7-8-1-6-11(16)13(18)12(8)17/h1-7,15-18H. The molecule has 0 unspecified atom stereocenters. The van der Waals surface area contributed by atoms with Gasteiger partial charge in [0.25, 0.3) is 0 Å². The fraction of sp³-hybridized carbons (Fsp3) is 0. The van der Waals surface area contributed by atoms with Gasteiger partial charge in [-0.3, -0.25) is 4.99 Å². The molecule has 5 heteroatoms. The zero-order chi connectivity index (χ0) is 13.1. The Bertz CT molecular complexity index is 591. The predicted octanol–water partition coefficient (Wildman–Crippen LogP) is 2.26. The van der Waals surface area contributed by atoms with Crippen LogP contribution in [-0.2, 0) is 0 Å². The molecule has 4 N–H and O–H groups in total. The maximum Gasteiger partial charge on any atom is 0.200 e. The van der Waals surface area contributed by atoms with Gasteiger partial charge < -0.3 is 20.4 Å². The lowest BCUT2D eigenvalue weighted by Crippen LogP contribution is -1.83. The van der Waals surface area contributed by atoms with Crippen molar-refractivity contribution in [3.05, 3.63) is 42.0 Å². The third-order valence-electron chi connectivity index (χ3n) is 2.36. The van der Waals surface area contributed by atoms with Gasteiger partial charge in [0.15, 0.2) is 11.5 Å². The Morgan fingerprint density at radius 3 is 2.11 bits per heavy atom. The van der Waals surface area contributed by atoms with E-state index in [0.29, 0.717) is 5.69 Å². The Balaban J connectivity index is 2.29. The molecule has 0 saturated carbocycles. The number of hydrogen-bond acceptors (Lipinski definition) is 5. The fourth-order valence-electron chi connectivity index (χ4n) is 1.37. The van der Waals surface area contributed by atoms with Crippen molar-refractivity contribution in [3.63, 3.8) is 0 Å². The lowest BCUT2D eigenvalue weighted by atomic mass is 10.2. The van der Waals surface area contributed by atoms with E-state index < -0.39 is 17.2 Å². The molecule has 0 amide bonds. The van der Waals surface area contributed by atoms with E-state index in [1.807, 2.05) is 0 Å². The molecule has 0 aliphatic rings. The number of phenols is 4. The molecule has 0 fully saturated rings. The average molecular weight is 245 g/mol. The van der Waals surface area contributed by atoms with E-state index in [0.717, 1.165) is 0 Å². The molecular weight excluding hydrogens is 234 g/mol. The van der Waals surface area contributed by atoms with Crippen LogP contribution in [0, 0.1) is 0 Å². The molecule has 0 atom stereocenters. The van der Waals surface area contributed by atoms with Crippen LogP contribution in [0.15, 0.2) is 41.4 Å². The number of benzene rings is 2. The summed E-state index contributed by atoms with van der Waals surface area (Å²) in [6.07, 6.45) is 1.35. The maximum absolute atomic E-state index is 9.56. The van der Waals surface area contributed by atoms with Crippen LogP contribution in [0.5, 0.6) is 23.0 Å². The molecule has 0 aromatic heterocycles. The first-order valence-electron chi connectivity index (χ1n) is 5.15. The number of aromatic hydroxyl groups is 4. The van der Waals surface area contributed by atoms with E-state index in [-0.39, 0.29) is 11.3 Å². The Hall–Kier alpha value is -2.69. The van der Waals surface area contributed by atoms with Crippen molar-refractivity contribution in [1.29, 1.82) is 0 Å². The monoisotopic (exact) mass is 245 g/mol. The van der Waals surface area contributed by atoms with Crippen molar-refractivity contribution in [3.8, 4) is 23.0 Å². The molecule has 0 radical (unpaired) electrons. The van der Waals surface area contributed by atoms with E-state index in [1.54, 1.807) is 12.1 Å². The highest BCUT2D eigenvalue weighted by molar-refractivity contribution is 5.87. The Labute approximate surface area is 103 Å². The Morgan fingerprint density at radius 1 is 0.778 bits per heavy atom. The summed E-state index contributed by atoms with van der Waals surface area (Å²) in [5, 5.41) is 37.1. The highest BCUT2D eigenvalue weighted by Crippen LogP contribution is 2.36. The van der Waals surface area contributed by atoms with Crippen LogP contribution >= 0.6 is 0 Å². The van der Waals surface area contributed by atoms with Crippen molar-refractivity contribution >= 4 is 11.9 Å². The third kappa shape index (κ3) is 2.35. The molecule has 2 rings (SSSR count). The minimum atomic E-state index is -0.579. The third-order valence-corrected chi connectivity index (χ3v) is 2.36. The second-order valence-electron chi connectivity index (χ2n) is 3.65. The molecule has 5 nitrogen and oxygen atoms in total. The molecule has 0 heterocycles. The summed E-state index contributed by atoms with van der Waals surface area (Å²) in [4.78, 5) is 4.06. The summed E-state index contributed by atoms with van der Waals surface area (Å²) in [6.45, 7) is 0. The van der Waals surface area contributed by atoms with Gasteiger partial charge in [0.1, 0.15) is 5.75 Å². The van der Waals surface area contributed by atoms with Gasteiger partial charge in [0.05, 0.1) is 5.69 Å². The van der Waals surface area contributed by atoms with Crippen LogP contribution in [0.25, 0.3) is 0 Å². The van der Waals surface area contributed by atoms with Crippen LogP contribution in [-0.4, -0.2) is 26.6 Å². The van der Waals surface area contributed by atoms with Crippen molar-refractivity contribution in [2.75, 3.05) is 0 Å². The first kappa shape index (κ1) is 11.8. The van der Waals surface area contributed by atoms with Crippen molar-refractivity contribution in [2.45, 2.75) is 0 Å². The van der Waals surface area contributed by atoms with Gasteiger partial charge >= 0.3 is 0 Å². The molecule has 92 valence electrons. The quantitative estimate of drug-likeness (QED) is 0.482. The number of hydrogen-bond donors (Lipinski definition) is 4. The second kappa shape index (κ2) is 4.67. The van der Waals surface area contributed by atoms with E-state index in [9.17, 15) is 10.2 Å². The molecular formula is C13H11NO4. The normalized spacial score (nSPS) is 10.9. The van der Waals surface area contributed by atoms with Gasteiger partial charge in [0.2, 0.25) is 5.75 Å². The molecule has 2 aromatic carbocycles. The Morgan fingerprint density at radius 2 is 1.44 bits per heavy atom. The van der Waals surface area contributed by atoms with Crippen molar-refractivity contribution < 1.29 is 20.4 Å². The van der Waals surface area contributed by atoms with E-state index in [1.165, 1.54) is 30.5 Å². The fourth-order valence-corrected chi connectivity index (χ4v) is 1.37. The summed E-state index contributed by atoms with van der Waals surface area (Å²) in [7, 11) is 0. The number of rotatable bonds is 2. The number of aliphatic imine (C=N–C) groups is 1. The predicted molar refractivity (Wildman–Crippen MR) is 66.8 cm³/mol. The molecule has 0 bridgehead atoms. The summed E-state index contributed by atoms with van der Waals surface area (Å²) in [5.41, 5.74) is 0.859. The second-order valence-corrected chi connectivity index (χ2v) is 3.65. The molecule has 18 heavy (non-hydrogen) atoms. The number of nitrogens with zero attached hydrogens (tertiary/aromatic N) is 1. The summed E-state index contributed by atoms with van der Waals surface area (Å²) in [5.74, 6) is -1.27. The number of phenolic OH excluding ortho intramolecular Hbond substituents is 4. The molecule has 0 aliphatic carbocycles. The molecule has 0 aliphatic heterocycles. The van der Waals surface area contributed by atoms with Crippen LogP contribution < -0.4 is 0 Å². The largest absolute Gasteiger partial charge is 0.508 e. The minimum absolute atomic E-state index is 0.138. The highest BCUT2D eigenvalue weighted by atomic mass is 16.3. The van der Waals surface area contributed by atoms with Gasteiger partial charge in [-0.25, -0.2) is 0 Å². The average Bonchev–Trinajstić information content (AvgIpc) is 2.37. The topological polar surface area (TPSA) is 93.3 Å². The van der Waals surface area contributed by atoms with Crippen LogP contribution in [0.4, 0.5) is 5.69 Å². The van der Waals surface area contributed by atoms with Gasteiger partial charge in [0, 0.05) is 11.8 Å². The van der Waals surface area contributed by atoms with Gasteiger partial charge in [-0.2, -0.15) is 0 Å². The van der Waals surface area contributed by atoms with Gasteiger partial charge in [-0.1, -0.05) is 0 Å². The lowest BCUT2D eigenvalue weighted by Gasteiger charge is -2.03. The van der Waals surface area contributed by atoms with Crippen LogP contribution in [0.2, 0.25) is 0 Å². The van der Waals surface area contributed by atoms with Crippen molar-refractivity contribution in [1.82, 2.24) is 0 Å². The minimum Gasteiger partial charge on any atom is -0.508 e. The SMILES string of the molecule is Oc1ccc(N=Cc2ccc(O)c(O)c2O)cc1. The zero-order valence-electron chi connectivity index (χ0n) is 9.28. The summed E-state index contributed by atoms with van der Waals surface area (Å²) < 4.78 is 0. The Kier molecular flexibility index (Phi) is 3.05. The molecule has 2 aromatic rings. The van der Waals surface area contributed by atoms with Gasteiger partial charge in [-0.05, 0) is 36.4 Å². The molecule has 0 saturated heterocycles. The molecule has 0 spiro atoms. The van der Waals surface area contributed by atoms with E-state index in [4.69, 9.17) is 10.2 Å². The van der Waals surface area contributed by atoms with Gasteiger partial charge in [-0.15, -0.1) is 0 Å². The first-order valence-corrected chi connectivity index (χ1v) is 5.15. The first-order chi connectivity index (χ1) is 8.58.